The Hall–Kier alpha value is -2.94. The zero-order valence-electron chi connectivity index (χ0n) is 11.9. The molecule has 114 valence electrons. The topological polar surface area (TPSA) is 111 Å². The van der Waals surface area contributed by atoms with Crippen molar-refractivity contribution >= 4 is 28.7 Å². The fraction of sp³-hybridized carbons (Fsp3) is 0.0714. The van der Waals surface area contributed by atoms with Crippen molar-refractivity contribution in [3.63, 3.8) is 0 Å². The monoisotopic (exact) mass is 324 g/mol. The Morgan fingerprint density at radius 2 is 2.04 bits per heavy atom. The molecule has 0 amide bonds. The van der Waals surface area contributed by atoms with E-state index in [0.717, 1.165) is 16.5 Å². The molecule has 0 aliphatic carbocycles. The smallest absolute Gasteiger partial charge is 0.183 e. The molecule has 8 nitrogen and oxygen atoms in total. The van der Waals surface area contributed by atoms with Gasteiger partial charge in [0.1, 0.15) is 11.8 Å². The van der Waals surface area contributed by atoms with E-state index in [2.05, 4.69) is 30.2 Å². The number of anilines is 1. The van der Waals surface area contributed by atoms with E-state index in [1.807, 2.05) is 36.5 Å². The van der Waals surface area contributed by atoms with E-state index in [9.17, 15) is 0 Å². The van der Waals surface area contributed by atoms with E-state index in [4.69, 9.17) is 5.73 Å². The number of nitrogens with one attached hydrogen (secondary N) is 1. The maximum absolute atomic E-state index is 5.79. The van der Waals surface area contributed by atoms with Gasteiger partial charge in [0, 0.05) is 5.75 Å². The highest BCUT2D eigenvalue weighted by atomic mass is 32.2. The van der Waals surface area contributed by atoms with E-state index >= 15 is 0 Å². The lowest BCUT2D eigenvalue weighted by molar-refractivity contribution is 0.800. The van der Waals surface area contributed by atoms with E-state index in [-0.39, 0.29) is 0 Å². The lowest BCUT2D eigenvalue weighted by Gasteiger charge is -1.97. The molecule has 4 aromatic rings. The Morgan fingerprint density at radius 3 is 2.87 bits per heavy atom. The van der Waals surface area contributed by atoms with Crippen molar-refractivity contribution in [2.24, 2.45) is 0 Å². The van der Waals surface area contributed by atoms with Crippen LogP contribution in [0.3, 0.4) is 0 Å². The number of rotatable bonds is 4. The Balaban J connectivity index is 1.50. The minimum absolute atomic E-state index is 0.393. The number of aromatic nitrogens is 7. The van der Waals surface area contributed by atoms with Crippen molar-refractivity contribution in [2.75, 3.05) is 5.73 Å². The third-order valence-corrected chi connectivity index (χ3v) is 4.12. The molecule has 9 heteroatoms. The van der Waals surface area contributed by atoms with Crippen LogP contribution in [0.25, 0.3) is 16.9 Å². The number of para-hydroxylation sites is 1. The van der Waals surface area contributed by atoms with Crippen LogP contribution in [0.4, 0.5) is 5.82 Å². The second-order valence-electron chi connectivity index (χ2n) is 4.78. The summed E-state index contributed by atoms with van der Waals surface area (Å²) < 4.78 is 1.75. The first-order valence-corrected chi connectivity index (χ1v) is 7.84. The molecule has 4 rings (SSSR count). The van der Waals surface area contributed by atoms with E-state index < -0.39 is 0 Å². The molecule has 0 aliphatic heterocycles. The molecule has 23 heavy (non-hydrogen) atoms. The van der Waals surface area contributed by atoms with Crippen molar-refractivity contribution in [3.8, 4) is 5.69 Å². The lowest BCUT2D eigenvalue weighted by atomic mass is 10.3. The molecule has 0 bridgehead atoms. The van der Waals surface area contributed by atoms with Gasteiger partial charge in [-0.1, -0.05) is 35.2 Å². The van der Waals surface area contributed by atoms with E-state index in [1.54, 1.807) is 4.68 Å². The summed E-state index contributed by atoms with van der Waals surface area (Å²) in [7, 11) is 0. The van der Waals surface area contributed by atoms with Crippen LogP contribution in [-0.4, -0.2) is 34.9 Å². The van der Waals surface area contributed by atoms with Crippen LogP contribution in [0.15, 0.2) is 48.0 Å². The van der Waals surface area contributed by atoms with Gasteiger partial charge < -0.3 is 10.7 Å². The third kappa shape index (κ3) is 2.73. The maximum Gasteiger partial charge on any atom is 0.183 e. The number of fused-ring (bicyclic) bond motifs is 1. The Labute approximate surface area is 135 Å². The molecular formula is C14H12N8S. The number of hydrogen-bond donors (Lipinski definition) is 2. The quantitative estimate of drug-likeness (QED) is 0.551. The van der Waals surface area contributed by atoms with Crippen LogP contribution >= 0.6 is 11.8 Å². The first kappa shape index (κ1) is 13.7. The van der Waals surface area contributed by atoms with Crippen LogP contribution < -0.4 is 5.73 Å². The highest BCUT2D eigenvalue weighted by Crippen LogP contribution is 2.23. The average Bonchev–Trinajstić information content (AvgIpc) is 3.21. The molecule has 3 heterocycles. The summed E-state index contributed by atoms with van der Waals surface area (Å²) in [4.78, 5) is 15.5. The number of thioether (sulfide) groups is 1. The maximum atomic E-state index is 5.79. The largest absolute Gasteiger partial charge is 0.382 e. The van der Waals surface area contributed by atoms with Crippen LogP contribution in [0.5, 0.6) is 0 Å². The number of nitrogens with two attached hydrogens (primary N) is 1. The first-order chi connectivity index (χ1) is 11.3. The van der Waals surface area contributed by atoms with Crippen molar-refractivity contribution in [1.82, 2.24) is 34.9 Å². The fourth-order valence-corrected chi connectivity index (χ4v) is 2.85. The molecule has 3 N–H and O–H groups in total. The number of aromatic amines is 1. The second-order valence-corrected chi connectivity index (χ2v) is 5.74. The lowest BCUT2D eigenvalue weighted by Crippen LogP contribution is -1.93. The fourth-order valence-electron chi connectivity index (χ4n) is 2.11. The summed E-state index contributed by atoms with van der Waals surface area (Å²) >= 11 is 1.51. The molecule has 0 fully saturated rings. The number of nitrogens with zero attached hydrogens (tertiary/aromatic N) is 6. The zero-order chi connectivity index (χ0) is 15.6. The van der Waals surface area contributed by atoms with Gasteiger partial charge in [0.2, 0.25) is 0 Å². The van der Waals surface area contributed by atoms with Crippen molar-refractivity contribution < 1.29 is 0 Å². The predicted molar refractivity (Wildman–Crippen MR) is 87.0 cm³/mol. The van der Waals surface area contributed by atoms with Gasteiger partial charge in [-0.15, -0.1) is 5.10 Å². The highest BCUT2D eigenvalue weighted by molar-refractivity contribution is 7.98. The van der Waals surface area contributed by atoms with Gasteiger partial charge in [0.05, 0.1) is 17.6 Å². The van der Waals surface area contributed by atoms with Gasteiger partial charge >= 0.3 is 0 Å². The summed E-state index contributed by atoms with van der Waals surface area (Å²) in [6.07, 6.45) is 3.30. The summed E-state index contributed by atoms with van der Waals surface area (Å²) in [6.45, 7) is 0. The van der Waals surface area contributed by atoms with Crippen LogP contribution in [0.1, 0.15) is 5.69 Å². The highest BCUT2D eigenvalue weighted by Gasteiger charge is 2.09. The van der Waals surface area contributed by atoms with Crippen LogP contribution in [-0.2, 0) is 5.75 Å². The number of benzene rings is 1. The second kappa shape index (κ2) is 5.69. The van der Waals surface area contributed by atoms with Gasteiger partial charge in [-0.2, -0.15) is 0 Å². The normalized spacial score (nSPS) is 11.1. The predicted octanol–water partition coefficient (Wildman–Crippen LogP) is 1.81. The molecule has 0 saturated heterocycles. The van der Waals surface area contributed by atoms with Crippen LogP contribution in [0.2, 0.25) is 0 Å². The molecule has 0 atom stereocenters. The molecule has 0 radical (unpaired) electrons. The van der Waals surface area contributed by atoms with E-state index in [0.29, 0.717) is 22.7 Å². The minimum Gasteiger partial charge on any atom is -0.382 e. The standard InChI is InChI=1S/C14H12N8S/c15-12-11-13(17-8-16-12)19-14(18-11)23-7-9-6-22(21-20-9)10-4-2-1-3-5-10/h1-6,8H,7H2,(H3,15,16,17,18,19). The summed E-state index contributed by atoms with van der Waals surface area (Å²) in [5, 5.41) is 9.04. The zero-order valence-corrected chi connectivity index (χ0v) is 12.7. The average molecular weight is 324 g/mol. The summed E-state index contributed by atoms with van der Waals surface area (Å²) in [5.74, 6) is 1.03. The molecule has 0 saturated carbocycles. The summed E-state index contributed by atoms with van der Waals surface area (Å²) in [5.41, 5.74) is 8.84. The Kier molecular flexibility index (Phi) is 3.39. The van der Waals surface area contributed by atoms with Gasteiger partial charge in [-0.05, 0) is 12.1 Å². The molecule has 1 aromatic carbocycles. The minimum atomic E-state index is 0.393. The SMILES string of the molecule is Nc1ncnc2nc(SCc3cn(-c4ccccc4)nn3)[nH]c12. The number of H-pyrrole nitrogens is 1. The van der Waals surface area contributed by atoms with Gasteiger partial charge in [0.25, 0.3) is 0 Å². The Bertz CT molecular complexity index is 946. The van der Waals surface area contributed by atoms with Gasteiger partial charge in [-0.25, -0.2) is 19.6 Å². The van der Waals surface area contributed by atoms with Gasteiger partial charge in [-0.3, -0.25) is 0 Å². The van der Waals surface area contributed by atoms with E-state index in [1.165, 1.54) is 18.1 Å². The first-order valence-electron chi connectivity index (χ1n) is 6.85. The third-order valence-electron chi connectivity index (χ3n) is 3.21. The molecule has 3 aromatic heterocycles. The van der Waals surface area contributed by atoms with Crippen molar-refractivity contribution in [3.05, 3.63) is 48.5 Å². The van der Waals surface area contributed by atoms with Crippen molar-refractivity contribution in [1.29, 1.82) is 0 Å². The summed E-state index contributed by atoms with van der Waals surface area (Å²) in [6, 6.07) is 9.85. The van der Waals surface area contributed by atoms with Crippen LogP contribution in [0, 0.1) is 0 Å². The Morgan fingerprint density at radius 1 is 1.17 bits per heavy atom. The molecular weight excluding hydrogens is 312 g/mol. The molecule has 0 aliphatic rings. The van der Waals surface area contributed by atoms with Crippen molar-refractivity contribution in [2.45, 2.75) is 10.9 Å². The number of nitrogen functional groups attached to an aromatic ring is 1. The molecule has 0 spiro atoms. The molecule has 0 unspecified atom stereocenters. The number of imidazole rings is 1. The number of hydrogen-bond acceptors (Lipinski definition) is 7. The van der Waals surface area contributed by atoms with Gasteiger partial charge in [0.15, 0.2) is 16.6 Å².